The average Bonchev–Trinajstić information content (AvgIpc) is 3.04. The zero-order chi connectivity index (χ0) is 28.8. The Balaban J connectivity index is 1.80. The molecule has 0 unspecified atom stereocenters. The van der Waals surface area contributed by atoms with Gasteiger partial charge in [0.2, 0.25) is 5.91 Å². The number of benzene rings is 3. The summed E-state index contributed by atoms with van der Waals surface area (Å²) in [4.78, 5) is 43.4. The Morgan fingerprint density at radius 1 is 0.850 bits per heavy atom. The molecule has 1 atom stereocenters. The number of esters is 1. The Morgan fingerprint density at radius 3 is 2.17 bits per heavy atom. The van der Waals surface area contributed by atoms with Crippen molar-refractivity contribution in [1.29, 1.82) is 0 Å². The number of hydrogen-bond donors (Lipinski definition) is 0. The van der Waals surface area contributed by atoms with Crippen LogP contribution in [0.4, 0.5) is 5.69 Å². The molecule has 0 fully saturated rings. The number of ether oxygens (including phenoxy) is 4. The van der Waals surface area contributed by atoms with Crippen molar-refractivity contribution in [3.05, 3.63) is 83.4 Å². The molecule has 3 aromatic rings. The van der Waals surface area contributed by atoms with Crippen LogP contribution in [0, 0.1) is 5.92 Å². The highest BCUT2D eigenvalue weighted by Crippen LogP contribution is 2.40. The van der Waals surface area contributed by atoms with Crippen molar-refractivity contribution in [2.24, 2.45) is 5.92 Å². The quantitative estimate of drug-likeness (QED) is 0.346. The zero-order valence-electron chi connectivity index (χ0n) is 23.4. The van der Waals surface area contributed by atoms with Crippen molar-refractivity contribution in [3.8, 4) is 17.2 Å². The lowest BCUT2D eigenvalue weighted by molar-refractivity contribution is -0.142. The van der Waals surface area contributed by atoms with Crippen molar-refractivity contribution in [2.75, 3.05) is 32.8 Å². The van der Waals surface area contributed by atoms with Gasteiger partial charge in [-0.1, -0.05) is 56.3 Å². The maximum atomic E-state index is 14.3. The molecule has 0 aromatic heterocycles. The lowest BCUT2D eigenvalue weighted by atomic mass is 9.99. The number of amides is 2. The molecule has 0 saturated heterocycles. The largest absolute Gasteiger partial charge is 0.493 e. The van der Waals surface area contributed by atoms with Crippen LogP contribution < -0.4 is 19.1 Å². The van der Waals surface area contributed by atoms with Crippen LogP contribution in [0.1, 0.15) is 35.3 Å². The number of carbonyl (C=O) groups excluding carboxylic acids is 3. The van der Waals surface area contributed by atoms with E-state index in [9.17, 15) is 14.4 Å². The molecule has 0 saturated carbocycles. The fraction of sp³-hybridized carbons (Fsp3) is 0.323. The Bertz CT molecular complexity index is 1370. The second-order valence-corrected chi connectivity index (χ2v) is 9.77. The van der Waals surface area contributed by atoms with Gasteiger partial charge in [0.15, 0.2) is 18.1 Å². The second kappa shape index (κ2) is 12.5. The van der Waals surface area contributed by atoms with Crippen LogP contribution in [0.3, 0.4) is 0 Å². The normalized spacial score (nSPS) is 15.0. The molecule has 0 N–H and O–H groups in total. The van der Waals surface area contributed by atoms with E-state index in [1.165, 1.54) is 21.3 Å². The third-order valence-electron chi connectivity index (χ3n) is 6.79. The molecule has 210 valence electrons. The van der Waals surface area contributed by atoms with Crippen LogP contribution in [-0.2, 0) is 27.4 Å². The number of fused-ring (bicyclic) bond motifs is 1. The smallest absolute Gasteiger partial charge is 0.343 e. The second-order valence-electron chi connectivity index (χ2n) is 9.77. The summed E-state index contributed by atoms with van der Waals surface area (Å²) in [6.07, 6.45) is 0. The Labute approximate surface area is 234 Å². The van der Waals surface area contributed by atoms with Gasteiger partial charge in [-0.05, 0) is 35.2 Å². The molecular weight excluding hydrogens is 512 g/mol. The van der Waals surface area contributed by atoms with Crippen LogP contribution in [0.25, 0.3) is 0 Å². The Hall–Kier alpha value is -4.53. The highest BCUT2D eigenvalue weighted by atomic mass is 16.6. The maximum Gasteiger partial charge on any atom is 0.343 e. The summed E-state index contributed by atoms with van der Waals surface area (Å²) >= 11 is 0. The van der Waals surface area contributed by atoms with Gasteiger partial charge in [0.1, 0.15) is 11.8 Å². The fourth-order valence-corrected chi connectivity index (χ4v) is 4.83. The van der Waals surface area contributed by atoms with E-state index in [0.717, 1.165) is 11.1 Å². The minimum Gasteiger partial charge on any atom is -0.493 e. The molecule has 1 heterocycles. The van der Waals surface area contributed by atoms with Crippen molar-refractivity contribution >= 4 is 23.5 Å². The first-order valence-corrected chi connectivity index (χ1v) is 13.0. The van der Waals surface area contributed by atoms with Gasteiger partial charge in [-0.3, -0.25) is 9.59 Å². The molecule has 1 aliphatic rings. The third kappa shape index (κ3) is 6.03. The fourth-order valence-electron chi connectivity index (χ4n) is 4.83. The van der Waals surface area contributed by atoms with Crippen LogP contribution in [-0.4, -0.2) is 56.7 Å². The summed E-state index contributed by atoms with van der Waals surface area (Å²) in [5, 5.41) is 0. The minimum absolute atomic E-state index is 0.149. The minimum atomic E-state index is -0.750. The lowest BCUT2D eigenvalue weighted by Gasteiger charge is -2.33. The van der Waals surface area contributed by atoms with Crippen LogP contribution in [0.15, 0.2) is 66.7 Å². The molecule has 2 amide bonds. The number of nitrogens with zero attached hydrogens (tertiary/aromatic N) is 2. The molecule has 1 aliphatic heterocycles. The van der Waals surface area contributed by atoms with Crippen molar-refractivity contribution in [1.82, 2.24) is 4.90 Å². The molecule has 40 heavy (non-hydrogen) atoms. The van der Waals surface area contributed by atoms with E-state index < -0.39 is 12.0 Å². The summed E-state index contributed by atoms with van der Waals surface area (Å²) in [7, 11) is 4.32. The molecule has 0 bridgehead atoms. The van der Waals surface area contributed by atoms with E-state index in [-0.39, 0.29) is 37.4 Å². The first kappa shape index (κ1) is 28.5. The van der Waals surface area contributed by atoms with Gasteiger partial charge < -0.3 is 28.7 Å². The van der Waals surface area contributed by atoms with E-state index >= 15 is 0 Å². The summed E-state index contributed by atoms with van der Waals surface area (Å²) in [6, 6.07) is 19.3. The van der Waals surface area contributed by atoms with Crippen LogP contribution in [0.2, 0.25) is 0 Å². The van der Waals surface area contributed by atoms with E-state index in [1.807, 2.05) is 50.2 Å². The summed E-state index contributed by atoms with van der Waals surface area (Å²) < 4.78 is 21.2. The van der Waals surface area contributed by atoms with Gasteiger partial charge >= 0.3 is 5.97 Å². The summed E-state index contributed by atoms with van der Waals surface area (Å²) in [5.41, 5.74) is 2.46. The number of anilines is 1. The number of methoxy groups -OCH3 is 3. The average molecular weight is 547 g/mol. The van der Waals surface area contributed by atoms with Gasteiger partial charge in [0.05, 0.1) is 39.1 Å². The molecule has 9 heteroatoms. The van der Waals surface area contributed by atoms with Crippen molar-refractivity contribution < 1.29 is 33.3 Å². The van der Waals surface area contributed by atoms with Gasteiger partial charge in [0.25, 0.3) is 5.91 Å². The number of carbonyl (C=O) groups is 3. The number of rotatable bonds is 10. The van der Waals surface area contributed by atoms with E-state index in [0.29, 0.717) is 28.5 Å². The predicted molar refractivity (Wildman–Crippen MR) is 150 cm³/mol. The third-order valence-corrected chi connectivity index (χ3v) is 6.79. The van der Waals surface area contributed by atoms with Gasteiger partial charge in [-0.2, -0.15) is 0 Å². The zero-order valence-corrected chi connectivity index (χ0v) is 23.4. The molecule has 3 aromatic carbocycles. The van der Waals surface area contributed by atoms with Gasteiger partial charge in [0, 0.05) is 12.6 Å². The molecule has 0 spiro atoms. The van der Waals surface area contributed by atoms with Gasteiger partial charge in [-0.25, -0.2) is 4.79 Å². The summed E-state index contributed by atoms with van der Waals surface area (Å²) in [5.74, 6) is 0.0724. The Kier molecular flexibility index (Phi) is 8.93. The van der Waals surface area contributed by atoms with Crippen LogP contribution >= 0.6 is 0 Å². The molecule has 4 rings (SSSR count). The lowest BCUT2D eigenvalue weighted by Crippen LogP contribution is -2.50. The maximum absolute atomic E-state index is 14.3. The first-order valence-electron chi connectivity index (χ1n) is 13.0. The molecule has 9 nitrogen and oxygen atoms in total. The highest BCUT2D eigenvalue weighted by molar-refractivity contribution is 6.11. The van der Waals surface area contributed by atoms with E-state index in [2.05, 4.69) is 4.74 Å². The first-order chi connectivity index (χ1) is 19.3. The topological polar surface area (TPSA) is 94.6 Å². The van der Waals surface area contributed by atoms with Crippen LogP contribution in [0.5, 0.6) is 17.2 Å². The SMILES string of the molecule is COC(=O)COc1cccc(CN2C(=O)c3cc(OC)c(OC)cc3N(Cc3ccccc3)C(=O)[C@@H]2C(C)C)c1. The summed E-state index contributed by atoms with van der Waals surface area (Å²) in [6.45, 7) is 4.05. The standard InChI is InChI=1S/C31H34N2O7/c1-20(2)29-31(36)32(17-21-10-7-6-8-11-21)25-16-27(38-4)26(37-3)15-24(25)30(35)33(29)18-22-12-9-13-23(14-22)40-19-28(34)39-5/h6-16,20,29H,17-19H2,1-5H3/t29-/m0/s1. The van der Waals surface area contributed by atoms with Crippen molar-refractivity contribution in [3.63, 3.8) is 0 Å². The molecular formula is C31H34N2O7. The highest BCUT2D eigenvalue weighted by Gasteiger charge is 2.42. The monoisotopic (exact) mass is 546 g/mol. The Morgan fingerprint density at radius 2 is 1.52 bits per heavy atom. The molecule has 0 aliphatic carbocycles. The number of hydrogen-bond acceptors (Lipinski definition) is 7. The van der Waals surface area contributed by atoms with Gasteiger partial charge in [-0.15, -0.1) is 0 Å². The predicted octanol–water partition coefficient (Wildman–Crippen LogP) is 4.47. The van der Waals surface area contributed by atoms with E-state index in [4.69, 9.17) is 14.2 Å². The molecule has 0 radical (unpaired) electrons. The van der Waals surface area contributed by atoms with E-state index in [1.54, 1.807) is 40.1 Å². The van der Waals surface area contributed by atoms with Crippen molar-refractivity contribution in [2.45, 2.75) is 33.0 Å².